The van der Waals surface area contributed by atoms with Crippen LogP contribution >= 0.6 is 0 Å². The number of pyridine rings is 1. The molecule has 7 nitrogen and oxygen atoms in total. The molecule has 0 N–H and O–H groups in total. The molecular weight excluding hydrogens is 316 g/mol. The first-order chi connectivity index (χ1) is 12.3. The topological polar surface area (TPSA) is 79.9 Å². The zero-order chi connectivity index (χ0) is 17.2. The van der Waals surface area contributed by atoms with Gasteiger partial charge in [0.05, 0.1) is 30.3 Å². The summed E-state index contributed by atoms with van der Waals surface area (Å²) in [6.07, 6.45) is 1.62. The second kappa shape index (κ2) is 6.49. The molecule has 1 saturated heterocycles. The van der Waals surface area contributed by atoms with Gasteiger partial charge in [-0.15, -0.1) is 10.2 Å². The van der Waals surface area contributed by atoms with Crippen molar-refractivity contribution in [1.29, 1.82) is 5.26 Å². The van der Waals surface area contributed by atoms with Gasteiger partial charge in [0, 0.05) is 18.5 Å². The average molecular weight is 334 g/mol. The third kappa shape index (κ3) is 2.92. The van der Waals surface area contributed by atoms with E-state index in [9.17, 15) is 0 Å². The largest absolute Gasteiger partial charge is 0.366 e. The van der Waals surface area contributed by atoms with Gasteiger partial charge in [0.1, 0.15) is 18.2 Å². The predicted molar refractivity (Wildman–Crippen MR) is 93.1 cm³/mol. The van der Waals surface area contributed by atoms with E-state index in [4.69, 9.17) is 15.0 Å². The molecule has 0 saturated carbocycles. The van der Waals surface area contributed by atoms with Gasteiger partial charge in [-0.1, -0.05) is 0 Å². The highest BCUT2D eigenvalue weighted by Gasteiger charge is 2.26. The molecule has 0 amide bonds. The van der Waals surface area contributed by atoms with Gasteiger partial charge in [0.15, 0.2) is 5.82 Å². The molecule has 3 heterocycles. The quantitative estimate of drug-likeness (QED) is 0.731. The molecule has 0 bridgehead atoms. The fourth-order valence-electron chi connectivity index (χ4n) is 3.13. The van der Waals surface area contributed by atoms with Gasteiger partial charge < -0.3 is 14.2 Å². The lowest BCUT2D eigenvalue weighted by Crippen LogP contribution is -2.39. The fraction of sp³-hybridized carbons (Fsp3) is 0.333. The Balaban J connectivity index is 1.61. The van der Waals surface area contributed by atoms with E-state index in [1.54, 1.807) is 12.4 Å². The molecule has 2 aromatic heterocycles. The number of ether oxygens (including phenoxy) is 1. The lowest BCUT2D eigenvalue weighted by molar-refractivity contribution is 0.0314. The number of nitriles is 1. The number of benzene rings is 1. The third-order valence-electron chi connectivity index (χ3n) is 4.47. The van der Waals surface area contributed by atoms with Crippen LogP contribution in [0, 0.1) is 11.3 Å². The normalized spacial score (nSPS) is 17.6. The molecule has 1 aliphatic rings. The number of aromatic nitrogens is 4. The molecule has 1 atom stereocenters. The molecule has 3 aromatic rings. The van der Waals surface area contributed by atoms with E-state index in [-0.39, 0.29) is 6.10 Å². The van der Waals surface area contributed by atoms with Gasteiger partial charge in [0.25, 0.3) is 0 Å². The molecule has 0 radical (unpaired) electrons. The van der Waals surface area contributed by atoms with Crippen LogP contribution in [0.3, 0.4) is 0 Å². The molecule has 126 valence electrons. The molecule has 1 aromatic carbocycles. The van der Waals surface area contributed by atoms with Gasteiger partial charge >= 0.3 is 0 Å². The number of hydrogen-bond acceptors (Lipinski definition) is 6. The molecule has 25 heavy (non-hydrogen) atoms. The second-order valence-corrected chi connectivity index (χ2v) is 5.97. The summed E-state index contributed by atoms with van der Waals surface area (Å²) in [6, 6.07) is 11.7. The molecule has 1 fully saturated rings. The summed E-state index contributed by atoms with van der Waals surface area (Å²) >= 11 is 0. The van der Waals surface area contributed by atoms with Crippen LogP contribution in [0.5, 0.6) is 0 Å². The number of anilines is 1. The van der Waals surface area contributed by atoms with Crippen molar-refractivity contribution in [2.24, 2.45) is 0 Å². The van der Waals surface area contributed by atoms with Crippen molar-refractivity contribution in [2.45, 2.75) is 19.6 Å². The van der Waals surface area contributed by atoms with Crippen LogP contribution in [0.25, 0.3) is 10.9 Å². The molecule has 0 aliphatic carbocycles. The monoisotopic (exact) mass is 334 g/mol. The van der Waals surface area contributed by atoms with Crippen LogP contribution in [0.4, 0.5) is 5.82 Å². The van der Waals surface area contributed by atoms with E-state index in [2.05, 4.69) is 28.1 Å². The molecule has 1 unspecified atom stereocenters. The number of fused-ring (bicyclic) bond motifs is 1. The minimum absolute atomic E-state index is 0.116. The molecule has 4 rings (SSSR count). The van der Waals surface area contributed by atoms with Crippen LogP contribution < -0.4 is 4.90 Å². The first-order valence-corrected chi connectivity index (χ1v) is 8.33. The Morgan fingerprint density at radius 1 is 1.32 bits per heavy atom. The third-order valence-corrected chi connectivity index (χ3v) is 4.47. The minimum atomic E-state index is -0.116. The summed E-state index contributed by atoms with van der Waals surface area (Å²) < 4.78 is 7.91. The summed E-state index contributed by atoms with van der Waals surface area (Å²) in [6.45, 7) is 4.97. The van der Waals surface area contributed by atoms with Crippen LogP contribution in [0.15, 0.2) is 36.7 Å². The van der Waals surface area contributed by atoms with Crippen LogP contribution in [-0.2, 0) is 11.3 Å². The minimum Gasteiger partial charge on any atom is -0.366 e. The summed E-state index contributed by atoms with van der Waals surface area (Å²) in [5, 5.41) is 18.2. The van der Waals surface area contributed by atoms with Crippen molar-refractivity contribution in [1.82, 2.24) is 19.7 Å². The summed E-state index contributed by atoms with van der Waals surface area (Å²) in [5.41, 5.74) is 1.53. The molecule has 0 spiro atoms. The Bertz CT molecular complexity index is 944. The number of hydrogen-bond donors (Lipinski definition) is 0. The van der Waals surface area contributed by atoms with Crippen molar-refractivity contribution < 1.29 is 4.74 Å². The first kappa shape index (κ1) is 15.5. The molecule has 1 aliphatic heterocycles. The number of rotatable bonds is 3. The summed E-state index contributed by atoms with van der Waals surface area (Å²) in [7, 11) is 0. The maximum absolute atomic E-state index is 9.01. The number of morpholine rings is 1. The van der Waals surface area contributed by atoms with E-state index in [1.165, 1.54) is 0 Å². The second-order valence-electron chi connectivity index (χ2n) is 5.97. The highest BCUT2D eigenvalue weighted by Crippen LogP contribution is 2.25. The highest BCUT2D eigenvalue weighted by molar-refractivity contribution is 5.81. The maximum atomic E-state index is 9.01. The van der Waals surface area contributed by atoms with Crippen molar-refractivity contribution >= 4 is 16.7 Å². The van der Waals surface area contributed by atoms with E-state index in [1.807, 2.05) is 28.8 Å². The highest BCUT2D eigenvalue weighted by atomic mass is 16.5. The van der Waals surface area contributed by atoms with E-state index in [0.717, 1.165) is 35.6 Å². The number of aryl methyl sites for hydroxylation is 1. The van der Waals surface area contributed by atoms with Crippen molar-refractivity contribution in [2.75, 3.05) is 24.6 Å². The molecule has 7 heteroatoms. The van der Waals surface area contributed by atoms with E-state index in [0.29, 0.717) is 18.7 Å². The zero-order valence-corrected chi connectivity index (χ0v) is 14.0. The lowest BCUT2D eigenvalue weighted by atomic mass is 10.1. The van der Waals surface area contributed by atoms with E-state index < -0.39 is 0 Å². The standard InChI is InChI=1S/C18H18N6O/c1-2-23-12-20-22-18(23)16-11-24(7-8-25-16)17-6-4-14-9-13(10-19)3-5-15(14)21-17/h3-6,9,12,16H,2,7-8,11H2,1H3. The lowest BCUT2D eigenvalue weighted by Gasteiger charge is -2.33. The number of nitrogens with zero attached hydrogens (tertiary/aromatic N) is 6. The first-order valence-electron chi connectivity index (χ1n) is 8.33. The smallest absolute Gasteiger partial charge is 0.163 e. The van der Waals surface area contributed by atoms with Crippen LogP contribution in [-0.4, -0.2) is 39.4 Å². The summed E-state index contributed by atoms with van der Waals surface area (Å²) in [5.74, 6) is 1.76. The maximum Gasteiger partial charge on any atom is 0.163 e. The Hall–Kier alpha value is -2.98. The van der Waals surface area contributed by atoms with Gasteiger partial charge in [0.2, 0.25) is 0 Å². The van der Waals surface area contributed by atoms with Gasteiger partial charge in [-0.3, -0.25) is 0 Å². The SMILES string of the molecule is CCn1cnnc1C1CN(c2ccc3cc(C#N)ccc3n2)CCO1. The predicted octanol–water partition coefficient (Wildman–Crippen LogP) is 2.30. The Labute approximate surface area is 145 Å². The van der Waals surface area contributed by atoms with Crippen LogP contribution in [0.2, 0.25) is 0 Å². The fourth-order valence-corrected chi connectivity index (χ4v) is 3.13. The van der Waals surface area contributed by atoms with Crippen LogP contribution in [0.1, 0.15) is 24.4 Å². The van der Waals surface area contributed by atoms with Gasteiger partial charge in [-0.25, -0.2) is 4.98 Å². The Kier molecular flexibility index (Phi) is 4.04. The van der Waals surface area contributed by atoms with Crippen molar-refractivity contribution in [3.05, 3.63) is 48.0 Å². The van der Waals surface area contributed by atoms with Crippen molar-refractivity contribution in [3.8, 4) is 6.07 Å². The summed E-state index contributed by atoms with van der Waals surface area (Å²) in [4.78, 5) is 6.96. The van der Waals surface area contributed by atoms with Crippen molar-refractivity contribution in [3.63, 3.8) is 0 Å². The Morgan fingerprint density at radius 2 is 2.24 bits per heavy atom. The van der Waals surface area contributed by atoms with Gasteiger partial charge in [-0.2, -0.15) is 5.26 Å². The van der Waals surface area contributed by atoms with Gasteiger partial charge in [-0.05, 0) is 37.3 Å². The average Bonchev–Trinajstić information content (AvgIpc) is 3.16. The molecular formula is C18H18N6O. The zero-order valence-electron chi connectivity index (χ0n) is 14.0. The van der Waals surface area contributed by atoms with E-state index >= 15 is 0 Å². The Morgan fingerprint density at radius 3 is 3.08 bits per heavy atom.